The van der Waals surface area contributed by atoms with Crippen molar-refractivity contribution in [1.29, 1.82) is 0 Å². The zero-order chi connectivity index (χ0) is 15.5. The summed E-state index contributed by atoms with van der Waals surface area (Å²) in [6.07, 6.45) is 1.86. The molecule has 2 heterocycles. The summed E-state index contributed by atoms with van der Waals surface area (Å²) in [6.45, 7) is 1.89. The monoisotopic (exact) mass is 333 g/mol. The van der Waals surface area contributed by atoms with Crippen LogP contribution in [0.25, 0.3) is 11.3 Å². The number of hydrogen-bond donors (Lipinski definition) is 1. The minimum atomic E-state index is -0.293. The van der Waals surface area contributed by atoms with Crippen molar-refractivity contribution in [3.63, 3.8) is 0 Å². The van der Waals surface area contributed by atoms with Crippen LogP contribution >= 0.6 is 22.7 Å². The van der Waals surface area contributed by atoms with Crippen molar-refractivity contribution in [2.45, 2.75) is 13.3 Å². The number of rotatable bonds is 4. The van der Waals surface area contributed by atoms with Crippen LogP contribution in [0, 0.1) is 12.7 Å². The Labute approximate surface area is 134 Å². The molecule has 0 saturated heterocycles. The predicted molar refractivity (Wildman–Crippen MR) is 86.7 cm³/mol. The number of aromatic nitrogens is 2. The van der Waals surface area contributed by atoms with E-state index in [1.807, 2.05) is 6.92 Å². The molecule has 0 fully saturated rings. The molecule has 0 aliphatic rings. The van der Waals surface area contributed by atoms with Gasteiger partial charge in [0, 0.05) is 22.0 Å². The summed E-state index contributed by atoms with van der Waals surface area (Å²) in [5.41, 5.74) is 1.54. The van der Waals surface area contributed by atoms with Gasteiger partial charge in [0.15, 0.2) is 5.13 Å². The Morgan fingerprint density at radius 3 is 2.77 bits per heavy atom. The second-order valence-corrected chi connectivity index (χ2v) is 6.76. The zero-order valence-electron chi connectivity index (χ0n) is 11.7. The van der Waals surface area contributed by atoms with Gasteiger partial charge >= 0.3 is 0 Å². The quantitative estimate of drug-likeness (QED) is 0.788. The molecule has 22 heavy (non-hydrogen) atoms. The van der Waals surface area contributed by atoms with Gasteiger partial charge in [-0.05, 0) is 31.2 Å². The number of amides is 1. The topological polar surface area (TPSA) is 54.9 Å². The number of benzene rings is 1. The van der Waals surface area contributed by atoms with Crippen LogP contribution in [-0.4, -0.2) is 15.9 Å². The fourth-order valence-corrected chi connectivity index (χ4v) is 3.52. The Morgan fingerprint density at radius 2 is 2.09 bits per heavy atom. The van der Waals surface area contributed by atoms with Crippen LogP contribution in [0.1, 0.15) is 9.88 Å². The molecule has 0 aliphatic heterocycles. The molecule has 0 bridgehead atoms. The maximum absolute atomic E-state index is 13.0. The van der Waals surface area contributed by atoms with Crippen LogP contribution in [0.5, 0.6) is 0 Å². The van der Waals surface area contributed by atoms with E-state index in [0.29, 0.717) is 5.13 Å². The van der Waals surface area contributed by atoms with Gasteiger partial charge in [-0.3, -0.25) is 4.79 Å². The molecule has 0 saturated carbocycles. The van der Waals surface area contributed by atoms with E-state index in [4.69, 9.17) is 0 Å². The summed E-state index contributed by atoms with van der Waals surface area (Å²) < 4.78 is 13.0. The predicted octanol–water partition coefficient (Wildman–Crippen LogP) is 3.90. The van der Waals surface area contributed by atoms with Crippen molar-refractivity contribution in [1.82, 2.24) is 9.97 Å². The minimum Gasteiger partial charge on any atom is -0.302 e. The Bertz CT molecular complexity index is 782. The van der Waals surface area contributed by atoms with Gasteiger partial charge in [-0.25, -0.2) is 14.4 Å². The lowest BCUT2D eigenvalue weighted by Gasteiger charge is -2.03. The molecular formula is C15H12FN3OS2. The Kier molecular flexibility index (Phi) is 4.26. The summed E-state index contributed by atoms with van der Waals surface area (Å²) in [5, 5.41) is 6.01. The first-order valence-electron chi connectivity index (χ1n) is 6.53. The molecule has 2 aromatic heterocycles. The van der Waals surface area contributed by atoms with Crippen LogP contribution in [0.4, 0.5) is 9.52 Å². The van der Waals surface area contributed by atoms with Crippen molar-refractivity contribution in [3.8, 4) is 11.3 Å². The largest absolute Gasteiger partial charge is 0.302 e. The SMILES string of the molecule is Cc1nc(-c2ccc(F)cc2)c(CC(=O)Nc2nccs2)s1. The number of aryl methyl sites for hydroxylation is 1. The van der Waals surface area contributed by atoms with Gasteiger partial charge in [0.05, 0.1) is 17.1 Å². The number of thiazole rings is 2. The number of halogens is 1. The van der Waals surface area contributed by atoms with E-state index in [0.717, 1.165) is 21.1 Å². The van der Waals surface area contributed by atoms with E-state index in [9.17, 15) is 9.18 Å². The lowest BCUT2D eigenvalue weighted by Crippen LogP contribution is -2.13. The Hall–Kier alpha value is -2.12. The molecule has 0 spiro atoms. The van der Waals surface area contributed by atoms with E-state index < -0.39 is 0 Å². The zero-order valence-corrected chi connectivity index (χ0v) is 13.3. The highest BCUT2D eigenvalue weighted by molar-refractivity contribution is 7.13. The van der Waals surface area contributed by atoms with Crippen molar-refractivity contribution >= 4 is 33.7 Å². The van der Waals surface area contributed by atoms with Crippen LogP contribution < -0.4 is 5.32 Å². The first-order valence-corrected chi connectivity index (χ1v) is 8.23. The Morgan fingerprint density at radius 1 is 1.32 bits per heavy atom. The lowest BCUT2D eigenvalue weighted by atomic mass is 10.1. The molecule has 3 rings (SSSR count). The molecule has 3 aromatic rings. The summed E-state index contributed by atoms with van der Waals surface area (Å²) >= 11 is 2.84. The van der Waals surface area contributed by atoms with Crippen molar-refractivity contribution in [3.05, 3.63) is 51.5 Å². The smallest absolute Gasteiger partial charge is 0.231 e. The van der Waals surface area contributed by atoms with Gasteiger partial charge in [-0.15, -0.1) is 22.7 Å². The molecule has 112 valence electrons. The maximum atomic E-state index is 13.0. The van der Waals surface area contributed by atoms with E-state index in [2.05, 4.69) is 15.3 Å². The summed E-state index contributed by atoms with van der Waals surface area (Å²) in [5.74, 6) is -0.430. The van der Waals surface area contributed by atoms with Gasteiger partial charge in [0.25, 0.3) is 0 Å². The fraction of sp³-hybridized carbons (Fsp3) is 0.133. The van der Waals surface area contributed by atoms with E-state index in [1.54, 1.807) is 23.7 Å². The van der Waals surface area contributed by atoms with Gasteiger partial charge in [0.1, 0.15) is 5.82 Å². The molecule has 0 unspecified atom stereocenters. The average molecular weight is 333 g/mol. The first kappa shape index (κ1) is 14.8. The molecule has 4 nitrogen and oxygen atoms in total. The minimum absolute atomic E-state index is 0.137. The average Bonchev–Trinajstić information content (AvgIpc) is 3.10. The van der Waals surface area contributed by atoms with Crippen molar-refractivity contribution in [2.24, 2.45) is 0 Å². The van der Waals surface area contributed by atoms with Gasteiger partial charge in [-0.1, -0.05) is 0 Å². The molecule has 1 N–H and O–H groups in total. The molecule has 1 aromatic carbocycles. The van der Waals surface area contributed by atoms with Gasteiger partial charge in [-0.2, -0.15) is 0 Å². The summed E-state index contributed by atoms with van der Waals surface area (Å²) in [6, 6.07) is 6.13. The standard InChI is InChI=1S/C15H12FN3OS2/c1-9-18-14(10-2-4-11(16)5-3-10)12(22-9)8-13(20)19-15-17-6-7-21-15/h2-7H,8H2,1H3,(H,17,19,20). The Balaban J connectivity index is 1.82. The number of carbonyl (C=O) groups is 1. The number of nitrogens with one attached hydrogen (secondary N) is 1. The number of hydrogen-bond acceptors (Lipinski definition) is 5. The summed E-state index contributed by atoms with van der Waals surface area (Å²) in [4.78, 5) is 21.5. The molecule has 1 amide bonds. The highest BCUT2D eigenvalue weighted by Crippen LogP contribution is 2.29. The fourth-order valence-electron chi connectivity index (χ4n) is 2.02. The normalized spacial score (nSPS) is 10.6. The molecule has 0 atom stereocenters. The van der Waals surface area contributed by atoms with E-state index >= 15 is 0 Å². The summed E-state index contributed by atoms with van der Waals surface area (Å²) in [7, 11) is 0. The van der Waals surface area contributed by atoms with Crippen LogP contribution in [0.2, 0.25) is 0 Å². The lowest BCUT2D eigenvalue weighted by molar-refractivity contribution is -0.115. The third-order valence-electron chi connectivity index (χ3n) is 2.92. The van der Waals surface area contributed by atoms with Crippen molar-refractivity contribution < 1.29 is 9.18 Å². The third kappa shape index (κ3) is 3.37. The van der Waals surface area contributed by atoms with Gasteiger partial charge in [0.2, 0.25) is 5.91 Å². The maximum Gasteiger partial charge on any atom is 0.231 e. The third-order valence-corrected chi connectivity index (χ3v) is 4.58. The highest BCUT2D eigenvalue weighted by atomic mass is 32.1. The highest BCUT2D eigenvalue weighted by Gasteiger charge is 2.15. The number of carbonyl (C=O) groups excluding carboxylic acids is 1. The number of anilines is 1. The van der Waals surface area contributed by atoms with E-state index in [-0.39, 0.29) is 18.1 Å². The van der Waals surface area contributed by atoms with Crippen LogP contribution in [0.15, 0.2) is 35.8 Å². The van der Waals surface area contributed by atoms with Gasteiger partial charge < -0.3 is 5.32 Å². The molecule has 7 heteroatoms. The second kappa shape index (κ2) is 6.33. The first-order chi connectivity index (χ1) is 10.6. The van der Waals surface area contributed by atoms with E-state index in [1.165, 1.54) is 34.8 Å². The van der Waals surface area contributed by atoms with Crippen LogP contribution in [0.3, 0.4) is 0 Å². The number of nitrogens with zero attached hydrogens (tertiary/aromatic N) is 2. The molecule has 0 aliphatic carbocycles. The van der Waals surface area contributed by atoms with Crippen molar-refractivity contribution in [2.75, 3.05) is 5.32 Å². The molecular weight excluding hydrogens is 321 g/mol. The van der Waals surface area contributed by atoms with Crippen LogP contribution in [-0.2, 0) is 11.2 Å². The molecule has 0 radical (unpaired) electrons. The second-order valence-electron chi connectivity index (χ2n) is 4.57.